The first-order valence-corrected chi connectivity index (χ1v) is 7.88. The summed E-state index contributed by atoms with van der Waals surface area (Å²) < 4.78 is 4.73. The van der Waals surface area contributed by atoms with Gasteiger partial charge in [0.15, 0.2) is 0 Å². The van der Waals surface area contributed by atoms with Crippen LogP contribution in [0.3, 0.4) is 0 Å². The molecule has 1 aliphatic carbocycles. The van der Waals surface area contributed by atoms with Gasteiger partial charge in [0.05, 0.1) is 13.0 Å². The molecule has 0 aromatic rings. The predicted molar refractivity (Wildman–Crippen MR) is 70.2 cm³/mol. The summed E-state index contributed by atoms with van der Waals surface area (Å²) in [6.45, 7) is 0. The quantitative estimate of drug-likeness (QED) is 0.724. The first kappa shape index (κ1) is 13.1. The first-order chi connectivity index (χ1) is 8.22. The van der Waals surface area contributed by atoms with Gasteiger partial charge in [-0.25, -0.2) is 4.79 Å². The first-order valence-electron chi connectivity index (χ1n) is 5.85. The minimum Gasteiger partial charge on any atom is -0.467 e. The lowest BCUT2D eigenvalue weighted by Crippen LogP contribution is -2.41. The number of amides is 1. The number of nitrogens with zero attached hydrogens (tertiary/aromatic N) is 1. The normalized spacial score (nSPS) is 25.2. The third kappa shape index (κ3) is 3.10. The predicted octanol–water partition coefficient (Wildman–Crippen LogP) is 2.33. The maximum Gasteiger partial charge on any atom is 0.329 e. The molecule has 1 amide bonds. The van der Waals surface area contributed by atoms with Gasteiger partial charge in [0, 0.05) is 11.0 Å². The van der Waals surface area contributed by atoms with Gasteiger partial charge in [-0.15, -0.1) is 11.8 Å². The van der Waals surface area contributed by atoms with Crippen molar-refractivity contribution in [1.82, 2.24) is 4.90 Å². The highest BCUT2D eigenvalue weighted by molar-refractivity contribution is 8.14. The highest BCUT2D eigenvalue weighted by Crippen LogP contribution is 2.33. The van der Waals surface area contributed by atoms with E-state index in [-0.39, 0.29) is 17.3 Å². The smallest absolute Gasteiger partial charge is 0.329 e. The second kappa shape index (κ2) is 6.00. The zero-order valence-corrected chi connectivity index (χ0v) is 11.5. The maximum absolute atomic E-state index is 12.1. The van der Waals surface area contributed by atoms with E-state index < -0.39 is 0 Å². The SMILES string of the molecule is COC(=O)[C@@H]1CSCN1C(=O)SC1CCCC1. The lowest BCUT2D eigenvalue weighted by molar-refractivity contribution is -0.144. The van der Waals surface area contributed by atoms with Crippen molar-refractivity contribution in [2.24, 2.45) is 0 Å². The molecule has 2 aliphatic rings. The van der Waals surface area contributed by atoms with E-state index in [0.717, 1.165) is 12.8 Å². The Morgan fingerprint density at radius 3 is 2.71 bits per heavy atom. The molecule has 0 N–H and O–H groups in total. The number of esters is 1. The van der Waals surface area contributed by atoms with Gasteiger partial charge in [0.25, 0.3) is 5.24 Å². The van der Waals surface area contributed by atoms with Gasteiger partial charge < -0.3 is 9.64 Å². The van der Waals surface area contributed by atoms with E-state index in [1.807, 2.05) is 0 Å². The highest BCUT2D eigenvalue weighted by Gasteiger charge is 2.36. The molecule has 1 heterocycles. The number of rotatable bonds is 2. The number of methoxy groups -OCH3 is 1. The minimum atomic E-state index is -0.383. The average Bonchev–Trinajstić information content (AvgIpc) is 2.97. The van der Waals surface area contributed by atoms with E-state index in [1.165, 1.54) is 31.7 Å². The molecular formula is C11H17NO3S2. The molecule has 0 radical (unpaired) electrons. The van der Waals surface area contributed by atoms with E-state index in [1.54, 1.807) is 16.7 Å². The fourth-order valence-electron chi connectivity index (χ4n) is 2.17. The number of ether oxygens (including phenoxy) is 1. The number of hydrogen-bond acceptors (Lipinski definition) is 5. The molecule has 96 valence electrons. The van der Waals surface area contributed by atoms with Crippen LogP contribution in [0.25, 0.3) is 0 Å². The molecule has 0 aromatic heterocycles. The third-order valence-electron chi connectivity index (χ3n) is 3.16. The van der Waals surface area contributed by atoms with Crippen molar-refractivity contribution in [2.75, 3.05) is 18.7 Å². The summed E-state index contributed by atoms with van der Waals surface area (Å²) in [6.07, 6.45) is 4.70. The van der Waals surface area contributed by atoms with Crippen LogP contribution >= 0.6 is 23.5 Å². The average molecular weight is 275 g/mol. The van der Waals surface area contributed by atoms with Gasteiger partial charge in [-0.2, -0.15) is 0 Å². The molecular weight excluding hydrogens is 258 g/mol. The monoisotopic (exact) mass is 275 g/mol. The molecule has 1 saturated carbocycles. The van der Waals surface area contributed by atoms with Crippen LogP contribution < -0.4 is 0 Å². The van der Waals surface area contributed by atoms with Crippen LogP contribution in [0.4, 0.5) is 4.79 Å². The van der Waals surface area contributed by atoms with Crippen molar-refractivity contribution in [3.05, 3.63) is 0 Å². The van der Waals surface area contributed by atoms with Crippen molar-refractivity contribution >= 4 is 34.7 Å². The molecule has 0 spiro atoms. The van der Waals surface area contributed by atoms with Crippen LogP contribution in [0.1, 0.15) is 25.7 Å². The highest BCUT2D eigenvalue weighted by atomic mass is 32.2. The molecule has 17 heavy (non-hydrogen) atoms. The largest absolute Gasteiger partial charge is 0.467 e. The molecule has 1 saturated heterocycles. The van der Waals surface area contributed by atoms with Crippen molar-refractivity contribution in [1.29, 1.82) is 0 Å². The maximum atomic E-state index is 12.1. The van der Waals surface area contributed by atoms with Crippen LogP contribution in [-0.4, -0.2) is 46.1 Å². The van der Waals surface area contributed by atoms with Gasteiger partial charge in [0.1, 0.15) is 6.04 Å². The van der Waals surface area contributed by atoms with Gasteiger partial charge in [-0.1, -0.05) is 24.6 Å². The molecule has 2 rings (SSSR count). The fraction of sp³-hybridized carbons (Fsp3) is 0.818. The second-order valence-electron chi connectivity index (χ2n) is 4.30. The van der Waals surface area contributed by atoms with Crippen molar-refractivity contribution in [3.8, 4) is 0 Å². The fourth-order valence-corrected chi connectivity index (χ4v) is 4.57. The molecule has 0 aromatic carbocycles. The Bertz CT molecular complexity index is 305. The molecule has 0 unspecified atom stereocenters. The Kier molecular flexibility index (Phi) is 4.62. The van der Waals surface area contributed by atoms with E-state index in [4.69, 9.17) is 4.74 Å². The number of thioether (sulfide) groups is 2. The van der Waals surface area contributed by atoms with Gasteiger partial charge in [-0.05, 0) is 12.8 Å². The summed E-state index contributed by atoms with van der Waals surface area (Å²) in [6, 6.07) is -0.383. The zero-order chi connectivity index (χ0) is 12.3. The molecule has 1 atom stereocenters. The van der Waals surface area contributed by atoms with Crippen LogP contribution in [0.15, 0.2) is 0 Å². The summed E-state index contributed by atoms with van der Waals surface area (Å²) in [5.41, 5.74) is 0. The molecule has 1 aliphatic heterocycles. The van der Waals surface area contributed by atoms with Crippen molar-refractivity contribution in [2.45, 2.75) is 37.0 Å². The Morgan fingerprint density at radius 1 is 1.35 bits per heavy atom. The number of hydrogen-bond donors (Lipinski definition) is 0. The van der Waals surface area contributed by atoms with Crippen molar-refractivity contribution < 1.29 is 14.3 Å². The van der Waals surface area contributed by atoms with Crippen LogP contribution in [0, 0.1) is 0 Å². The van der Waals surface area contributed by atoms with Crippen LogP contribution in [-0.2, 0) is 9.53 Å². The zero-order valence-electron chi connectivity index (χ0n) is 9.89. The Labute approximate surface area is 110 Å². The standard InChI is InChI=1S/C11H17NO3S2/c1-15-10(13)9-6-16-7-12(9)11(14)17-8-4-2-3-5-8/h8-9H,2-7H2,1H3/t9-/m0/s1. The Balaban J connectivity index is 1.90. The summed E-state index contributed by atoms with van der Waals surface area (Å²) in [5.74, 6) is 0.970. The second-order valence-corrected chi connectivity index (χ2v) is 6.55. The van der Waals surface area contributed by atoms with E-state index in [9.17, 15) is 9.59 Å². The van der Waals surface area contributed by atoms with Gasteiger partial charge >= 0.3 is 5.97 Å². The summed E-state index contributed by atoms with van der Waals surface area (Å²) in [7, 11) is 1.37. The van der Waals surface area contributed by atoms with E-state index in [0.29, 0.717) is 16.9 Å². The number of carbonyl (C=O) groups excluding carboxylic acids is 2. The van der Waals surface area contributed by atoms with Crippen molar-refractivity contribution in [3.63, 3.8) is 0 Å². The molecule has 0 bridgehead atoms. The molecule has 2 fully saturated rings. The van der Waals surface area contributed by atoms with Crippen LogP contribution in [0.5, 0.6) is 0 Å². The minimum absolute atomic E-state index is 0.0392. The Hall–Kier alpha value is -0.360. The van der Waals surface area contributed by atoms with E-state index in [2.05, 4.69) is 0 Å². The summed E-state index contributed by atoms with van der Waals surface area (Å²) in [5, 5.41) is 0.490. The third-order valence-corrected chi connectivity index (χ3v) is 5.41. The van der Waals surface area contributed by atoms with Gasteiger partial charge in [-0.3, -0.25) is 4.79 Å². The van der Waals surface area contributed by atoms with E-state index >= 15 is 0 Å². The molecule has 6 heteroatoms. The topological polar surface area (TPSA) is 46.6 Å². The summed E-state index contributed by atoms with van der Waals surface area (Å²) in [4.78, 5) is 25.3. The lowest BCUT2D eigenvalue weighted by atomic mass is 10.3. The Morgan fingerprint density at radius 2 is 2.06 bits per heavy atom. The lowest BCUT2D eigenvalue weighted by Gasteiger charge is -2.22. The molecule has 4 nitrogen and oxygen atoms in total. The van der Waals surface area contributed by atoms with Crippen LogP contribution in [0.2, 0.25) is 0 Å². The summed E-state index contributed by atoms with van der Waals surface area (Å²) >= 11 is 3.01. The number of carbonyl (C=O) groups is 2. The van der Waals surface area contributed by atoms with Gasteiger partial charge in [0.2, 0.25) is 0 Å².